The van der Waals surface area contributed by atoms with Gasteiger partial charge in [-0.15, -0.1) is 0 Å². The van der Waals surface area contributed by atoms with Crippen LogP contribution in [0.2, 0.25) is 0 Å². The largest absolute Gasteiger partial charge is 0.479 e. The van der Waals surface area contributed by atoms with Gasteiger partial charge in [0.1, 0.15) is 6.61 Å². The van der Waals surface area contributed by atoms with Crippen LogP contribution in [0.5, 0.6) is 0 Å². The summed E-state index contributed by atoms with van der Waals surface area (Å²) in [5.41, 5.74) is -1.86. The van der Waals surface area contributed by atoms with Gasteiger partial charge in [-0.2, -0.15) is 0 Å². The Labute approximate surface area is 105 Å². The van der Waals surface area contributed by atoms with Crippen molar-refractivity contribution in [2.24, 2.45) is 5.41 Å². The zero-order valence-electron chi connectivity index (χ0n) is 10.1. The standard InChI is InChI=1S/C12H17NO5/c1-2-5-18-10(16)13-4-3-11(8-13)6-12(17,7-11)9(14)15/h2,17H,1,3-8H2,(H,14,15). The fourth-order valence-corrected chi connectivity index (χ4v) is 2.94. The molecule has 1 spiro atoms. The highest BCUT2D eigenvalue weighted by molar-refractivity contribution is 5.79. The van der Waals surface area contributed by atoms with Crippen LogP contribution in [0, 0.1) is 5.41 Å². The van der Waals surface area contributed by atoms with Crippen molar-refractivity contribution in [1.82, 2.24) is 4.90 Å². The first-order valence-corrected chi connectivity index (χ1v) is 5.89. The van der Waals surface area contributed by atoms with Crippen LogP contribution >= 0.6 is 0 Å². The van der Waals surface area contributed by atoms with Crippen molar-refractivity contribution in [3.63, 3.8) is 0 Å². The monoisotopic (exact) mass is 255 g/mol. The molecular weight excluding hydrogens is 238 g/mol. The lowest BCUT2D eigenvalue weighted by atomic mass is 9.58. The number of amides is 1. The van der Waals surface area contributed by atoms with Gasteiger partial charge in [-0.3, -0.25) is 0 Å². The van der Waals surface area contributed by atoms with Crippen LogP contribution in [0.1, 0.15) is 19.3 Å². The van der Waals surface area contributed by atoms with Crippen molar-refractivity contribution in [2.45, 2.75) is 24.9 Å². The molecule has 18 heavy (non-hydrogen) atoms. The Morgan fingerprint density at radius 2 is 2.11 bits per heavy atom. The predicted molar refractivity (Wildman–Crippen MR) is 62.0 cm³/mol. The van der Waals surface area contributed by atoms with Gasteiger partial charge in [-0.05, 0) is 24.7 Å². The third kappa shape index (κ3) is 2.08. The summed E-state index contributed by atoms with van der Waals surface area (Å²) in [4.78, 5) is 24.0. The van der Waals surface area contributed by atoms with Crippen molar-refractivity contribution in [1.29, 1.82) is 0 Å². The second-order valence-corrected chi connectivity index (χ2v) is 5.23. The van der Waals surface area contributed by atoms with Gasteiger partial charge in [0.05, 0.1) is 0 Å². The molecule has 2 aliphatic rings. The first-order valence-electron chi connectivity index (χ1n) is 5.89. The number of likely N-dealkylation sites (tertiary alicyclic amines) is 1. The van der Waals surface area contributed by atoms with E-state index < -0.39 is 17.7 Å². The number of carboxylic acids is 1. The minimum Gasteiger partial charge on any atom is -0.479 e. The summed E-state index contributed by atoms with van der Waals surface area (Å²) >= 11 is 0. The highest BCUT2D eigenvalue weighted by Crippen LogP contribution is 2.54. The zero-order chi connectivity index (χ0) is 13.4. The molecule has 100 valence electrons. The summed E-state index contributed by atoms with van der Waals surface area (Å²) in [7, 11) is 0. The van der Waals surface area contributed by atoms with Crippen LogP contribution in [0.25, 0.3) is 0 Å². The molecule has 0 bridgehead atoms. The molecule has 2 fully saturated rings. The van der Waals surface area contributed by atoms with Gasteiger partial charge in [0.25, 0.3) is 0 Å². The van der Waals surface area contributed by atoms with Crippen molar-refractivity contribution in [3.05, 3.63) is 12.7 Å². The highest BCUT2D eigenvalue weighted by Gasteiger charge is 2.60. The molecule has 1 saturated heterocycles. The van der Waals surface area contributed by atoms with Crippen molar-refractivity contribution in [2.75, 3.05) is 19.7 Å². The predicted octanol–water partition coefficient (Wildman–Crippen LogP) is 0.611. The number of aliphatic hydroxyl groups is 1. The lowest BCUT2D eigenvalue weighted by Crippen LogP contribution is -2.58. The Morgan fingerprint density at radius 3 is 2.67 bits per heavy atom. The molecule has 2 N–H and O–H groups in total. The smallest absolute Gasteiger partial charge is 0.410 e. The van der Waals surface area contributed by atoms with Gasteiger partial charge in [0.15, 0.2) is 5.60 Å². The summed E-state index contributed by atoms with van der Waals surface area (Å²) in [6, 6.07) is 0. The third-order valence-electron chi connectivity index (χ3n) is 3.75. The Morgan fingerprint density at radius 1 is 1.44 bits per heavy atom. The number of aliphatic carboxylic acids is 1. The molecule has 1 aliphatic heterocycles. The van der Waals surface area contributed by atoms with E-state index in [1.165, 1.54) is 6.08 Å². The average molecular weight is 255 g/mol. The third-order valence-corrected chi connectivity index (χ3v) is 3.75. The lowest BCUT2D eigenvalue weighted by Gasteiger charge is -2.48. The van der Waals surface area contributed by atoms with Crippen molar-refractivity contribution in [3.8, 4) is 0 Å². The number of hydrogen-bond acceptors (Lipinski definition) is 4. The minimum atomic E-state index is -1.61. The molecule has 1 heterocycles. The molecule has 0 radical (unpaired) electrons. The van der Waals surface area contributed by atoms with Crippen LogP contribution in [-0.4, -0.2) is 52.5 Å². The van der Waals surface area contributed by atoms with E-state index in [0.29, 0.717) is 19.5 Å². The molecule has 1 amide bonds. The number of carbonyl (C=O) groups is 2. The molecule has 6 nitrogen and oxygen atoms in total. The average Bonchev–Trinajstić information content (AvgIpc) is 2.69. The molecule has 6 heteroatoms. The lowest BCUT2D eigenvalue weighted by molar-refractivity contribution is -0.185. The second-order valence-electron chi connectivity index (χ2n) is 5.23. The van der Waals surface area contributed by atoms with E-state index in [9.17, 15) is 14.7 Å². The maximum absolute atomic E-state index is 11.6. The molecule has 0 aromatic heterocycles. The SMILES string of the molecule is C=CCOC(=O)N1CCC2(C1)CC(O)(C(=O)O)C2. The molecule has 0 aromatic carbocycles. The minimum absolute atomic E-state index is 0.168. The molecule has 0 atom stereocenters. The van der Waals surface area contributed by atoms with E-state index in [-0.39, 0.29) is 24.9 Å². The van der Waals surface area contributed by atoms with Gasteiger partial charge < -0.3 is 19.8 Å². The molecular formula is C12H17NO5. The van der Waals surface area contributed by atoms with Gasteiger partial charge in [0, 0.05) is 13.1 Å². The molecule has 1 saturated carbocycles. The van der Waals surface area contributed by atoms with Crippen LogP contribution in [0.4, 0.5) is 4.79 Å². The maximum Gasteiger partial charge on any atom is 0.410 e. The van der Waals surface area contributed by atoms with E-state index in [1.54, 1.807) is 4.90 Å². The molecule has 0 aromatic rings. The molecule has 0 unspecified atom stereocenters. The zero-order valence-corrected chi connectivity index (χ0v) is 10.1. The summed E-state index contributed by atoms with van der Waals surface area (Å²) in [5.74, 6) is -1.18. The first-order chi connectivity index (χ1) is 8.41. The van der Waals surface area contributed by atoms with E-state index in [1.807, 2.05) is 0 Å². The number of rotatable bonds is 3. The highest BCUT2D eigenvalue weighted by atomic mass is 16.6. The van der Waals surface area contributed by atoms with Gasteiger partial charge >= 0.3 is 12.1 Å². The fourth-order valence-electron chi connectivity index (χ4n) is 2.94. The maximum atomic E-state index is 11.6. The van der Waals surface area contributed by atoms with E-state index in [2.05, 4.69) is 6.58 Å². The van der Waals surface area contributed by atoms with Crippen molar-refractivity contribution >= 4 is 12.1 Å². The summed E-state index contributed by atoms with van der Waals surface area (Å²) in [5, 5.41) is 18.6. The van der Waals surface area contributed by atoms with E-state index >= 15 is 0 Å². The summed E-state index contributed by atoms with van der Waals surface area (Å²) < 4.78 is 4.93. The summed E-state index contributed by atoms with van der Waals surface area (Å²) in [6.07, 6.45) is 2.22. The van der Waals surface area contributed by atoms with Crippen LogP contribution in [-0.2, 0) is 9.53 Å². The van der Waals surface area contributed by atoms with E-state index in [4.69, 9.17) is 9.84 Å². The Bertz CT molecular complexity index is 386. The Hall–Kier alpha value is -1.56. The number of carboxylic acid groups (broad SMARTS) is 1. The van der Waals surface area contributed by atoms with Gasteiger partial charge in [-0.25, -0.2) is 9.59 Å². The quantitative estimate of drug-likeness (QED) is 0.721. The summed E-state index contributed by atoms with van der Waals surface area (Å²) in [6.45, 7) is 4.63. The van der Waals surface area contributed by atoms with Gasteiger partial charge in [-0.1, -0.05) is 12.7 Å². The number of hydrogen-bond donors (Lipinski definition) is 2. The Kier molecular flexibility index (Phi) is 3.06. The fraction of sp³-hybridized carbons (Fsp3) is 0.667. The second kappa shape index (κ2) is 4.28. The molecule has 2 rings (SSSR count). The first kappa shape index (κ1) is 12.9. The van der Waals surface area contributed by atoms with E-state index in [0.717, 1.165) is 0 Å². The van der Waals surface area contributed by atoms with Crippen LogP contribution < -0.4 is 0 Å². The number of ether oxygens (including phenoxy) is 1. The Balaban J connectivity index is 1.89. The topological polar surface area (TPSA) is 87.1 Å². The van der Waals surface area contributed by atoms with Crippen LogP contribution in [0.15, 0.2) is 12.7 Å². The molecule has 1 aliphatic carbocycles. The number of nitrogens with zero attached hydrogens (tertiary/aromatic N) is 1. The number of carbonyl (C=O) groups excluding carboxylic acids is 1. The van der Waals surface area contributed by atoms with Crippen molar-refractivity contribution < 1.29 is 24.5 Å². The van der Waals surface area contributed by atoms with Gasteiger partial charge in [0.2, 0.25) is 0 Å². The normalized spacial score (nSPS) is 34.2. The van der Waals surface area contributed by atoms with Crippen LogP contribution in [0.3, 0.4) is 0 Å².